The molecule has 0 saturated heterocycles. The van der Waals surface area contributed by atoms with E-state index in [0.717, 1.165) is 26.9 Å². The van der Waals surface area contributed by atoms with Gasteiger partial charge in [-0.3, -0.25) is 4.98 Å². The Balaban J connectivity index is 2.00. The predicted molar refractivity (Wildman–Crippen MR) is 85.7 cm³/mol. The quantitative estimate of drug-likeness (QED) is 0.588. The number of halogens is 2. The average molecular weight is 349 g/mol. The molecule has 3 aromatic rings. The molecule has 0 spiro atoms. The number of ether oxygens (including phenoxy) is 1. The zero-order chi connectivity index (χ0) is 14.1. The summed E-state index contributed by atoms with van der Waals surface area (Å²) in [5, 5.41) is 1.52. The van der Waals surface area contributed by atoms with Crippen LogP contribution in [0.1, 0.15) is 5.56 Å². The molecular weight excluding hydrogens is 338 g/mol. The van der Waals surface area contributed by atoms with Gasteiger partial charge in [0, 0.05) is 16.1 Å². The van der Waals surface area contributed by atoms with Gasteiger partial charge < -0.3 is 4.74 Å². The molecule has 0 radical (unpaired) electrons. The molecule has 0 bridgehead atoms. The standard InChI is InChI=1S/C16H11BrClNO/c1-10-2-4-11(5-3-10)20-12-6-7-15-13(8-12)16(17)14(18)9-19-15/h2-9H,1H3. The lowest BCUT2D eigenvalue weighted by molar-refractivity contribution is 0.483. The van der Waals surface area contributed by atoms with Gasteiger partial charge in [-0.15, -0.1) is 0 Å². The van der Waals surface area contributed by atoms with Gasteiger partial charge in [0.25, 0.3) is 0 Å². The first-order valence-corrected chi connectivity index (χ1v) is 7.29. The largest absolute Gasteiger partial charge is 0.457 e. The number of rotatable bonds is 2. The van der Waals surface area contributed by atoms with E-state index in [1.165, 1.54) is 5.56 Å². The predicted octanol–water partition coefficient (Wildman–Crippen LogP) is 5.75. The van der Waals surface area contributed by atoms with Gasteiger partial charge in [0.05, 0.1) is 10.5 Å². The van der Waals surface area contributed by atoms with Crippen molar-refractivity contribution < 1.29 is 4.74 Å². The normalized spacial score (nSPS) is 10.8. The van der Waals surface area contributed by atoms with Crippen molar-refractivity contribution >= 4 is 38.4 Å². The van der Waals surface area contributed by atoms with Crippen LogP contribution >= 0.6 is 27.5 Å². The minimum atomic E-state index is 0.588. The van der Waals surface area contributed by atoms with Crippen LogP contribution in [0.5, 0.6) is 11.5 Å². The second-order valence-electron chi connectivity index (χ2n) is 4.51. The number of nitrogens with zero attached hydrogens (tertiary/aromatic N) is 1. The van der Waals surface area contributed by atoms with Crippen LogP contribution in [0.3, 0.4) is 0 Å². The molecular formula is C16H11BrClNO. The van der Waals surface area contributed by atoms with Crippen LogP contribution in [-0.4, -0.2) is 4.98 Å². The van der Waals surface area contributed by atoms with E-state index >= 15 is 0 Å². The van der Waals surface area contributed by atoms with Crippen LogP contribution in [0, 0.1) is 6.92 Å². The summed E-state index contributed by atoms with van der Waals surface area (Å²) in [5.41, 5.74) is 2.08. The highest BCUT2D eigenvalue weighted by Gasteiger charge is 2.06. The number of benzene rings is 2. The molecule has 20 heavy (non-hydrogen) atoms. The molecule has 0 amide bonds. The van der Waals surface area contributed by atoms with Gasteiger partial charge in [0.15, 0.2) is 0 Å². The minimum absolute atomic E-state index is 0.588. The Morgan fingerprint density at radius 1 is 1.05 bits per heavy atom. The molecule has 0 aliphatic carbocycles. The second-order valence-corrected chi connectivity index (χ2v) is 5.71. The van der Waals surface area contributed by atoms with E-state index in [0.29, 0.717) is 5.02 Å². The molecule has 0 aliphatic rings. The summed E-state index contributed by atoms with van der Waals surface area (Å²) in [6.07, 6.45) is 1.63. The molecule has 0 aliphatic heterocycles. The zero-order valence-electron chi connectivity index (χ0n) is 10.7. The number of hydrogen-bond acceptors (Lipinski definition) is 2. The van der Waals surface area contributed by atoms with E-state index in [-0.39, 0.29) is 0 Å². The van der Waals surface area contributed by atoms with E-state index in [1.807, 2.05) is 49.4 Å². The highest BCUT2D eigenvalue weighted by Crippen LogP contribution is 2.33. The number of fused-ring (bicyclic) bond motifs is 1. The van der Waals surface area contributed by atoms with Gasteiger partial charge in [-0.2, -0.15) is 0 Å². The van der Waals surface area contributed by atoms with Gasteiger partial charge >= 0.3 is 0 Å². The molecule has 1 heterocycles. The number of aryl methyl sites for hydroxylation is 1. The smallest absolute Gasteiger partial charge is 0.128 e. The van der Waals surface area contributed by atoms with E-state index in [4.69, 9.17) is 16.3 Å². The topological polar surface area (TPSA) is 22.1 Å². The Morgan fingerprint density at radius 2 is 1.75 bits per heavy atom. The van der Waals surface area contributed by atoms with Crippen molar-refractivity contribution in [2.45, 2.75) is 6.92 Å². The number of pyridine rings is 1. The minimum Gasteiger partial charge on any atom is -0.457 e. The summed E-state index contributed by atoms with van der Waals surface area (Å²) in [7, 11) is 0. The highest BCUT2D eigenvalue weighted by molar-refractivity contribution is 9.10. The third kappa shape index (κ3) is 2.65. The van der Waals surface area contributed by atoms with Gasteiger partial charge in [0.1, 0.15) is 11.5 Å². The fourth-order valence-electron chi connectivity index (χ4n) is 1.92. The first-order chi connectivity index (χ1) is 9.63. The van der Waals surface area contributed by atoms with E-state index in [9.17, 15) is 0 Å². The number of hydrogen-bond donors (Lipinski definition) is 0. The van der Waals surface area contributed by atoms with Crippen molar-refractivity contribution in [3.05, 3.63) is 63.7 Å². The van der Waals surface area contributed by atoms with Crippen molar-refractivity contribution in [1.29, 1.82) is 0 Å². The van der Waals surface area contributed by atoms with Gasteiger partial charge in [-0.05, 0) is 53.2 Å². The molecule has 0 fully saturated rings. The van der Waals surface area contributed by atoms with Gasteiger partial charge in [-0.25, -0.2) is 0 Å². The van der Waals surface area contributed by atoms with Crippen molar-refractivity contribution in [2.24, 2.45) is 0 Å². The molecule has 0 saturated carbocycles. The summed E-state index contributed by atoms with van der Waals surface area (Å²) in [6, 6.07) is 13.7. The molecule has 100 valence electrons. The molecule has 2 aromatic carbocycles. The highest BCUT2D eigenvalue weighted by atomic mass is 79.9. The summed E-state index contributed by atoms with van der Waals surface area (Å²) in [5.74, 6) is 1.56. The van der Waals surface area contributed by atoms with E-state index in [1.54, 1.807) is 6.20 Å². The lowest BCUT2D eigenvalue weighted by Gasteiger charge is -2.08. The monoisotopic (exact) mass is 347 g/mol. The molecule has 1 aromatic heterocycles. The first kappa shape index (κ1) is 13.4. The van der Waals surface area contributed by atoms with Gasteiger partial charge in [-0.1, -0.05) is 29.3 Å². The third-order valence-corrected chi connectivity index (χ3v) is 4.36. The third-order valence-electron chi connectivity index (χ3n) is 2.99. The lowest BCUT2D eigenvalue weighted by atomic mass is 10.2. The van der Waals surface area contributed by atoms with Crippen molar-refractivity contribution in [2.75, 3.05) is 0 Å². The Hall–Kier alpha value is -1.58. The molecule has 4 heteroatoms. The van der Waals surface area contributed by atoms with E-state index in [2.05, 4.69) is 20.9 Å². The Morgan fingerprint density at radius 3 is 2.50 bits per heavy atom. The second kappa shape index (κ2) is 5.43. The van der Waals surface area contributed by atoms with Crippen molar-refractivity contribution in [3.8, 4) is 11.5 Å². The molecule has 0 unspecified atom stereocenters. The Labute approximate surface area is 130 Å². The summed E-state index contributed by atoms with van der Waals surface area (Å²) >= 11 is 9.55. The molecule has 0 atom stereocenters. The van der Waals surface area contributed by atoms with Crippen LogP contribution in [0.2, 0.25) is 5.02 Å². The fraction of sp³-hybridized carbons (Fsp3) is 0.0625. The fourth-order valence-corrected chi connectivity index (χ4v) is 2.49. The van der Waals surface area contributed by atoms with Crippen LogP contribution in [0.4, 0.5) is 0 Å². The molecule has 3 rings (SSSR count). The summed E-state index contributed by atoms with van der Waals surface area (Å²) in [4.78, 5) is 4.28. The lowest BCUT2D eigenvalue weighted by Crippen LogP contribution is -1.87. The summed E-state index contributed by atoms with van der Waals surface area (Å²) < 4.78 is 6.68. The maximum Gasteiger partial charge on any atom is 0.128 e. The average Bonchev–Trinajstić information content (AvgIpc) is 2.46. The Bertz CT molecular complexity index is 771. The molecule has 2 nitrogen and oxygen atoms in total. The van der Waals surface area contributed by atoms with Crippen LogP contribution in [0.25, 0.3) is 10.9 Å². The maximum absolute atomic E-state index is 6.07. The first-order valence-electron chi connectivity index (χ1n) is 6.12. The van der Waals surface area contributed by atoms with Gasteiger partial charge in [0.2, 0.25) is 0 Å². The van der Waals surface area contributed by atoms with Crippen LogP contribution in [-0.2, 0) is 0 Å². The summed E-state index contributed by atoms with van der Waals surface area (Å²) in [6.45, 7) is 2.05. The number of aromatic nitrogens is 1. The molecule has 0 N–H and O–H groups in total. The zero-order valence-corrected chi connectivity index (χ0v) is 13.1. The van der Waals surface area contributed by atoms with Crippen LogP contribution in [0.15, 0.2) is 53.1 Å². The van der Waals surface area contributed by atoms with Crippen molar-refractivity contribution in [3.63, 3.8) is 0 Å². The van der Waals surface area contributed by atoms with Crippen molar-refractivity contribution in [1.82, 2.24) is 4.98 Å². The SMILES string of the molecule is Cc1ccc(Oc2ccc3ncc(Cl)c(Br)c3c2)cc1. The maximum atomic E-state index is 6.07. The van der Waals surface area contributed by atoms with E-state index < -0.39 is 0 Å². The van der Waals surface area contributed by atoms with Crippen LogP contribution < -0.4 is 4.74 Å². The Kier molecular flexibility index (Phi) is 3.64.